The summed E-state index contributed by atoms with van der Waals surface area (Å²) in [5, 5.41) is 0. The van der Waals surface area contributed by atoms with Crippen LogP contribution in [0.3, 0.4) is 0 Å². The number of hydrogen-bond donors (Lipinski definition) is 0. The van der Waals surface area contributed by atoms with Crippen LogP contribution in [0.5, 0.6) is 11.5 Å². The fourth-order valence-electron chi connectivity index (χ4n) is 3.82. The van der Waals surface area contributed by atoms with E-state index in [9.17, 15) is 9.59 Å². The lowest BCUT2D eigenvalue weighted by molar-refractivity contribution is -0.133. The first kappa shape index (κ1) is 22.3. The van der Waals surface area contributed by atoms with Crippen molar-refractivity contribution in [1.82, 2.24) is 9.80 Å². The zero-order chi connectivity index (χ0) is 21.7. The van der Waals surface area contributed by atoms with Gasteiger partial charge in [0.15, 0.2) is 5.78 Å². The minimum atomic E-state index is 0.0616. The lowest BCUT2D eigenvalue weighted by Gasteiger charge is -2.35. The first-order valence-corrected chi connectivity index (χ1v) is 11.0. The minimum absolute atomic E-state index is 0.0616. The molecule has 0 spiro atoms. The number of carbonyl (C=O) groups excluding carboxylic acids is 2. The molecule has 1 aromatic carbocycles. The maximum atomic E-state index is 12.6. The highest BCUT2D eigenvalue weighted by Gasteiger charge is 2.23. The quantitative estimate of drug-likeness (QED) is 0.598. The van der Waals surface area contributed by atoms with E-state index in [1.165, 1.54) is 0 Å². The van der Waals surface area contributed by atoms with Crippen LogP contribution in [-0.4, -0.2) is 61.9 Å². The van der Waals surface area contributed by atoms with Crippen LogP contribution in [0.2, 0.25) is 0 Å². The Balaban J connectivity index is 1.49. The van der Waals surface area contributed by atoms with Gasteiger partial charge in [-0.15, -0.1) is 11.3 Å². The highest BCUT2D eigenvalue weighted by atomic mass is 32.1. The van der Waals surface area contributed by atoms with Crippen molar-refractivity contribution in [1.29, 1.82) is 0 Å². The zero-order valence-electron chi connectivity index (χ0n) is 18.2. The summed E-state index contributed by atoms with van der Waals surface area (Å²) in [7, 11) is 3.32. The standard InChI is InChI=1S/C23H30N2O4S/c1-16-13-20(17(2)30-16)21(26)6-8-23(27)25-11-9-24(10-12-25)15-18-14-19(28-3)5-7-22(18)29-4/h5,7,13-14H,6,8-12,15H2,1-4H3. The van der Waals surface area contributed by atoms with E-state index in [1.54, 1.807) is 25.6 Å². The van der Waals surface area contributed by atoms with Crippen LogP contribution in [-0.2, 0) is 11.3 Å². The maximum Gasteiger partial charge on any atom is 0.223 e. The molecule has 2 aromatic rings. The first-order valence-electron chi connectivity index (χ1n) is 10.2. The molecule has 0 unspecified atom stereocenters. The van der Waals surface area contributed by atoms with Gasteiger partial charge in [-0.1, -0.05) is 0 Å². The number of nitrogens with zero attached hydrogens (tertiary/aromatic N) is 2. The second-order valence-corrected chi connectivity index (χ2v) is 9.05. The summed E-state index contributed by atoms with van der Waals surface area (Å²) in [5.41, 5.74) is 1.84. The highest BCUT2D eigenvalue weighted by molar-refractivity contribution is 7.12. The first-order chi connectivity index (χ1) is 14.4. The lowest BCUT2D eigenvalue weighted by atomic mass is 10.1. The van der Waals surface area contributed by atoms with Crippen molar-refractivity contribution < 1.29 is 19.1 Å². The summed E-state index contributed by atoms with van der Waals surface area (Å²) >= 11 is 1.63. The fourth-order valence-corrected chi connectivity index (χ4v) is 4.77. The Hall–Kier alpha value is -2.38. The van der Waals surface area contributed by atoms with Crippen LogP contribution in [0.25, 0.3) is 0 Å². The van der Waals surface area contributed by atoms with E-state index in [1.807, 2.05) is 43.0 Å². The van der Waals surface area contributed by atoms with Crippen LogP contribution < -0.4 is 9.47 Å². The molecule has 0 radical (unpaired) electrons. The molecule has 1 aromatic heterocycles. The number of benzene rings is 1. The number of hydrogen-bond acceptors (Lipinski definition) is 6. The molecule has 0 bridgehead atoms. The average Bonchev–Trinajstić information content (AvgIpc) is 3.10. The zero-order valence-corrected chi connectivity index (χ0v) is 19.0. The van der Waals surface area contributed by atoms with E-state index in [4.69, 9.17) is 9.47 Å². The molecule has 162 valence electrons. The van der Waals surface area contributed by atoms with E-state index < -0.39 is 0 Å². The van der Waals surface area contributed by atoms with E-state index in [-0.39, 0.29) is 24.5 Å². The number of thiophene rings is 1. The van der Waals surface area contributed by atoms with Crippen LogP contribution in [0.1, 0.15) is 38.5 Å². The number of ketones is 1. The molecular weight excluding hydrogens is 400 g/mol. The number of Topliss-reactive ketones (excluding diaryl/α,β-unsaturated/α-hetero) is 1. The van der Waals surface area contributed by atoms with Crippen molar-refractivity contribution in [2.24, 2.45) is 0 Å². The molecule has 0 N–H and O–H groups in total. The van der Waals surface area contributed by atoms with Crippen molar-refractivity contribution in [2.45, 2.75) is 33.2 Å². The van der Waals surface area contributed by atoms with Crippen LogP contribution in [0.4, 0.5) is 0 Å². The van der Waals surface area contributed by atoms with Gasteiger partial charge in [0.05, 0.1) is 14.2 Å². The molecule has 0 saturated carbocycles. The van der Waals surface area contributed by atoms with Gasteiger partial charge in [-0.3, -0.25) is 14.5 Å². The van der Waals surface area contributed by atoms with E-state index >= 15 is 0 Å². The Labute approximate surface area is 182 Å². The molecule has 1 fully saturated rings. The Morgan fingerprint density at radius 1 is 1.00 bits per heavy atom. The van der Waals surface area contributed by atoms with E-state index in [0.29, 0.717) is 13.1 Å². The smallest absolute Gasteiger partial charge is 0.223 e. The number of carbonyl (C=O) groups is 2. The summed E-state index contributed by atoms with van der Waals surface area (Å²) in [5.74, 6) is 1.77. The topological polar surface area (TPSA) is 59.1 Å². The highest BCUT2D eigenvalue weighted by Crippen LogP contribution is 2.26. The SMILES string of the molecule is COc1ccc(OC)c(CN2CCN(C(=O)CCC(=O)c3cc(C)sc3C)CC2)c1. The van der Waals surface area contributed by atoms with Gasteiger partial charge in [0.1, 0.15) is 11.5 Å². The number of amides is 1. The van der Waals surface area contributed by atoms with Crippen molar-refractivity contribution in [3.63, 3.8) is 0 Å². The molecule has 7 heteroatoms. The number of piperazine rings is 1. The third-order valence-corrected chi connectivity index (χ3v) is 6.48. The molecule has 3 rings (SSSR count). The molecule has 0 aliphatic carbocycles. The summed E-state index contributed by atoms with van der Waals surface area (Å²) < 4.78 is 10.8. The molecular formula is C23H30N2O4S. The van der Waals surface area contributed by atoms with Gasteiger partial charge in [-0.2, -0.15) is 0 Å². The van der Waals surface area contributed by atoms with Crippen LogP contribution >= 0.6 is 11.3 Å². The van der Waals surface area contributed by atoms with Gasteiger partial charge >= 0.3 is 0 Å². The Morgan fingerprint density at radius 2 is 1.73 bits per heavy atom. The van der Waals surface area contributed by atoms with Gasteiger partial charge < -0.3 is 14.4 Å². The lowest BCUT2D eigenvalue weighted by Crippen LogP contribution is -2.48. The third kappa shape index (κ3) is 5.40. The van der Waals surface area contributed by atoms with E-state index in [2.05, 4.69) is 4.90 Å². The van der Waals surface area contributed by atoms with Crippen molar-refractivity contribution in [3.8, 4) is 11.5 Å². The molecule has 2 heterocycles. The maximum absolute atomic E-state index is 12.6. The second-order valence-electron chi connectivity index (χ2n) is 7.58. The molecule has 1 saturated heterocycles. The molecule has 1 aliphatic rings. The van der Waals surface area contributed by atoms with Crippen molar-refractivity contribution in [3.05, 3.63) is 45.1 Å². The van der Waals surface area contributed by atoms with Gasteiger partial charge in [-0.05, 0) is 38.1 Å². The minimum Gasteiger partial charge on any atom is -0.497 e. The van der Waals surface area contributed by atoms with Crippen LogP contribution in [0.15, 0.2) is 24.3 Å². The predicted octanol–water partition coefficient (Wildman–Crippen LogP) is 3.69. The summed E-state index contributed by atoms with van der Waals surface area (Å²) in [6, 6.07) is 7.73. The van der Waals surface area contributed by atoms with Crippen molar-refractivity contribution >= 4 is 23.0 Å². The largest absolute Gasteiger partial charge is 0.497 e. The third-order valence-electron chi connectivity index (χ3n) is 5.51. The van der Waals surface area contributed by atoms with Gasteiger partial charge in [0, 0.05) is 66.4 Å². The predicted molar refractivity (Wildman–Crippen MR) is 119 cm³/mol. The summed E-state index contributed by atoms with van der Waals surface area (Å²) in [6.07, 6.45) is 0.550. The molecule has 0 atom stereocenters. The number of ether oxygens (including phenoxy) is 2. The molecule has 6 nitrogen and oxygen atoms in total. The Kier molecular flexibility index (Phi) is 7.50. The molecule has 1 amide bonds. The average molecular weight is 431 g/mol. The Morgan fingerprint density at radius 3 is 2.33 bits per heavy atom. The normalized spacial score (nSPS) is 14.6. The Bertz CT molecular complexity index is 901. The van der Waals surface area contributed by atoms with E-state index in [0.717, 1.165) is 52.0 Å². The fraction of sp³-hybridized carbons (Fsp3) is 0.478. The number of methoxy groups -OCH3 is 2. The van der Waals surface area contributed by atoms with Crippen molar-refractivity contribution in [2.75, 3.05) is 40.4 Å². The van der Waals surface area contributed by atoms with Gasteiger partial charge in [0.2, 0.25) is 5.91 Å². The number of aryl methyl sites for hydroxylation is 2. The monoisotopic (exact) mass is 430 g/mol. The van der Waals surface area contributed by atoms with Gasteiger partial charge in [0.25, 0.3) is 0 Å². The van der Waals surface area contributed by atoms with Crippen LogP contribution in [0, 0.1) is 13.8 Å². The second kappa shape index (κ2) is 10.1. The molecule has 30 heavy (non-hydrogen) atoms. The summed E-state index contributed by atoms with van der Waals surface area (Å²) in [6.45, 7) is 7.65. The summed E-state index contributed by atoms with van der Waals surface area (Å²) in [4.78, 5) is 31.4. The van der Waals surface area contributed by atoms with Gasteiger partial charge in [-0.25, -0.2) is 0 Å². The molecule has 1 aliphatic heterocycles. The number of rotatable bonds is 8.